The Bertz CT molecular complexity index is 966. The lowest BCUT2D eigenvalue weighted by atomic mass is 9.88. The van der Waals surface area contributed by atoms with Gasteiger partial charge >= 0.3 is 0 Å². The Kier molecular flexibility index (Phi) is 5.58. The normalized spacial score (nSPS) is 16.5. The van der Waals surface area contributed by atoms with E-state index < -0.39 is 0 Å². The van der Waals surface area contributed by atoms with Crippen molar-refractivity contribution in [2.45, 2.75) is 50.6 Å². The Morgan fingerprint density at radius 2 is 2.22 bits per heavy atom. The average Bonchev–Trinajstić information content (AvgIpc) is 3.23. The van der Waals surface area contributed by atoms with E-state index in [4.69, 9.17) is 11.6 Å². The summed E-state index contributed by atoms with van der Waals surface area (Å²) < 4.78 is 15.4. The monoisotopic (exact) mass is 421 g/mol. The Morgan fingerprint density at radius 3 is 3.00 bits per heavy atom. The summed E-state index contributed by atoms with van der Waals surface area (Å²) in [7, 11) is 0. The third-order valence-electron chi connectivity index (χ3n) is 5.05. The number of thiophene rings is 1. The lowest BCUT2D eigenvalue weighted by Gasteiger charge is -2.19. The van der Waals surface area contributed by atoms with Crippen molar-refractivity contribution in [1.29, 1.82) is 0 Å². The van der Waals surface area contributed by atoms with E-state index in [-0.39, 0.29) is 5.82 Å². The van der Waals surface area contributed by atoms with Gasteiger partial charge in [-0.3, -0.25) is 0 Å². The van der Waals surface area contributed by atoms with Crippen LogP contribution in [0.4, 0.5) is 4.39 Å². The maximum absolute atomic E-state index is 13.2. The Morgan fingerprint density at radius 1 is 1.37 bits per heavy atom. The fourth-order valence-corrected chi connectivity index (χ4v) is 6.09. The summed E-state index contributed by atoms with van der Waals surface area (Å²) in [5.74, 6) is 2.04. The van der Waals surface area contributed by atoms with E-state index in [2.05, 4.69) is 34.0 Å². The molecule has 3 aromatic rings. The van der Waals surface area contributed by atoms with Crippen molar-refractivity contribution in [3.05, 3.63) is 50.4 Å². The number of hydrogen-bond acceptors (Lipinski definition) is 4. The second-order valence-corrected chi connectivity index (χ2v) is 9.29. The molecule has 1 aromatic carbocycles. The van der Waals surface area contributed by atoms with Gasteiger partial charge in [-0.15, -0.1) is 21.5 Å². The fourth-order valence-electron chi connectivity index (χ4n) is 3.53. The molecule has 0 fully saturated rings. The molecule has 142 valence electrons. The molecule has 0 N–H and O–H groups in total. The summed E-state index contributed by atoms with van der Waals surface area (Å²) in [6.45, 7) is 5.25. The molecule has 4 rings (SSSR count). The van der Waals surface area contributed by atoms with Gasteiger partial charge in [-0.05, 0) is 55.4 Å². The van der Waals surface area contributed by atoms with Crippen molar-refractivity contribution < 1.29 is 4.39 Å². The van der Waals surface area contributed by atoms with Crippen LogP contribution in [0, 0.1) is 11.7 Å². The molecule has 0 saturated carbocycles. The molecule has 0 spiro atoms. The SMILES string of the molecule is CCn1c(SCc2ccc(F)cc2Cl)nnc1-c1csc2c1CCC(C)C2. The zero-order valence-electron chi connectivity index (χ0n) is 15.3. The molecule has 0 bridgehead atoms. The summed E-state index contributed by atoms with van der Waals surface area (Å²) >= 11 is 9.59. The molecule has 3 nitrogen and oxygen atoms in total. The molecule has 27 heavy (non-hydrogen) atoms. The maximum Gasteiger partial charge on any atom is 0.191 e. The number of benzene rings is 1. The summed E-state index contributed by atoms with van der Waals surface area (Å²) in [6, 6.07) is 4.52. The second kappa shape index (κ2) is 7.94. The predicted octanol–water partition coefficient (Wildman–Crippen LogP) is 6.24. The van der Waals surface area contributed by atoms with Gasteiger partial charge in [-0.1, -0.05) is 36.4 Å². The van der Waals surface area contributed by atoms with Crippen LogP contribution in [0.15, 0.2) is 28.7 Å². The van der Waals surface area contributed by atoms with Gasteiger partial charge in [0.1, 0.15) is 5.82 Å². The minimum Gasteiger partial charge on any atom is -0.302 e. The molecule has 1 aliphatic rings. The summed E-state index contributed by atoms with van der Waals surface area (Å²) in [6.07, 6.45) is 3.53. The summed E-state index contributed by atoms with van der Waals surface area (Å²) in [5.41, 5.74) is 3.60. The summed E-state index contributed by atoms with van der Waals surface area (Å²) in [5, 5.41) is 12.5. The molecule has 0 saturated heterocycles. The number of fused-ring (bicyclic) bond motifs is 1. The highest BCUT2D eigenvalue weighted by molar-refractivity contribution is 7.98. The Labute approximate surface area is 172 Å². The van der Waals surface area contributed by atoms with Crippen LogP contribution in [0.25, 0.3) is 11.4 Å². The highest BCUT2D eigenvalue weighted by Crippen LogP contribution is 2.38. The molecular weight excluding hydrogens is 401 g/mol. The fraction of sp³-hybridized carbons (Fsp3) is 0.400. The van der Waals surface area contributed by atoms with Crippen LogP contribution < -0.4 is 0 Å². The van der Waals surface area contributed by atoms with Crippen LogP contribution in [0.1, 0.15) is 36.3 Å². The van der Waals surface area contributed by atoms with Gasteiger partial charge in [0.05, 0.1) is 0 Å². The summed E-state index contributed by atoms with van der Waals surface area (Å²) in [4.78, 5) is 1.50. The van der Waals surface area contributed by atoms with E-state index in [9.17, 15) is 4.39 Å². The first-order valence-corrected chi connectivity index (χ1v) is 11.4. The van der Waals surface area contributed by atoms with Gasteiger partial charge < -0.3 is 4.57 Å². The predicted molar refractivity (Wildman–Crippen MR) is 111 cm³/mol. The van der Waals surface area contributed by atoms with Crippen LogP contribution in [0.2, 0.25) is 5.02 Å². The lowest BCUT2D eigenvalue weighted by molar-refractivity contribution is 0.508. The van der Waals surface area contributed by atoms with Gasteiger partial charge in [-0.2, -0.15) is 0 Å². The van der Waals surface area contributed by atoms with Crippen LogP contribution in [-0.2, 0) is 25.1 Å². The van der Waals surface area contributed by atoms with Crippen molar-refractivity contribution >= 4 is 34.7 Å². The van der Waals surface area contributed by atoms with Crippen molar-refractivity contribution in [2.75, 3.05) is 0 Å². The first kappa shape index (κ1) is 19.0. The van der Waals surface area contributed by atoms with Crippen LogP contribution in [-0.4, -0.2) is 14.8 Å². The highest BCUT2D eigenvalue weighted by atomic mass is 35.5. The molecule has 1 aliphatic carbocycles. The molecule has 0 aliphatic heterocycles. The van der Waals surface area contributed by atoms with Gasteiger partial charge in [0.25, 0.3) is 0 Å². The number of nitrogens with zero attached hydrogens (tertiary/aromatic N) is 3. The largest absolute Gasteiger partial charge is 0.302 e. The van der Waals surface area contributed by atoms with Gasteiger partial charge in [-0.25, -0.2) is 4.39 Å². The first-order chi connectivity index (χ1) is 13.1. The van der Waals surface area contributed by atoms with Crippen molar-refractivity contribution in [3.63, 3.8) is 0 Å². The van der Waals surface area contributed by atoms with E-state index in [0.29, 0.717) is 10.8 Å². The van der Waals surface area contributed by atoms with Crippen molar-refractivity contribution in [2.24, 2.45) is 5.92 Å². The topological polar surface area (TPSA) is 30.7 Å². The standard InChI is InChI=1S/C20H21ClFN3S2/c1-3-25-19(16-11-26-18-8-12(2)4-7-15(16)18)23-24-20(25)27-10-13-5-6-14(22)9-17(13)21/h5-6,9,11-12H,3-4,7-8,10H2,1-2H3. The number of thioether (sulfide) groups is 1. The van der Waals surface area contributed by atoms with E-state index in [1.54, 1.807) is 17.8 Å². The smallest absolute Gasteiger partial charge is 0.191 e. The molecule has 2 aromatic heterocycles. The number of aromatic nitrogens is 3. The van der Waals surface area contributed by atoms with Gasteiger partial charge in [0, 0.05) is 33.1 Å². The van der Waals surface area contributed by atoms with E-state index in [1.807, 2.05) is 11.3 Å². The highest BCUT2D eigenvalue weighted by Gasteiger charge is 2.24. The molecule has 0 amide bonds. The van der Waals surface area contributed by atoms with Crippen molar-refractivity contribution in [3.8, 4) is 11.4 Å². The van der Waals surface area contributed by atoms with Crippen LogP contribution in [0.3, 0.4) is 0 Å². The third-order valence-corrected chi connectivity index (χ3v) is 7.47. The van der Waals surface area contributed by atoms with E-state index in [0.717, 1.165) is 35.4 Å². The van der Waals surface area contributed by atoms with Gasteiger partial charge in [0.2, 0.25) is 0 Å². The van der Waals surface area contributed by atoms with E-state index >= 15 is 0 Å². The van der Waals surface area contributed by atoms with Crippen LogP contribution >= 0.6 is 34.7 Å². The molecular formula is C20H21ClFN3S2. The molecule has 7 heteroatoms. The zero-order chi connectivity index (χ0) is 19.0. The van der Waals surface area contributed by atoms with Crippen LogP contribution in [0.5, 0.6) is 0 Å². The average molecular weight is 422 g/mol. The second-order valence-electron chi connectivity index (χ2n) is 6.97. The number of hydrogen-bond donors (Lipinski definition) is 0. The molecule has 0 radical (unpaired) electrons. The maximum atomic E-state index is 13.2. The molecule has 1 atom stereocenters. The van der Waals surface area contributed by atoms with Crippen molar-refractivity contribution in [1.82, 2.24) is 14.8 Å². The number of rotatable bonds is 5. The minimum absolute atomic E-state index is 0.315. The third kappa shape index (κ3) is 3.80. The molecule has 1 unspecified atom stereocenters. The molecule has 2 heterocycles. The van der Waals surface area contributed by atoms with E-state index in [1.165, 1.54) is 41.0 Å². The van der Waals surface area contributed by atoms with Gasteiger partial charge in [0.15, 0.2) is 11.0 Å². The minimum atomic E-state index is -0.315. The first-order valence-electron chi connectivity index (χ1n) is 9.16. The zero-order valence-corrected chi connectivity index (χ0v) is 17.7. The Balaban J connectivity index is 1.59. The quantitative estimate of drug-likeness (QED) is 0.457. The lowest BCUT2D eigenvalue weighted by Crippen LogP contribution is -2.10. The number of halogens is 2. The Hall–Kier alpha value is -1.37.